The molecule has 1 aromatic rings. The van der Waals surface area contributed by atoms with Gasteiger partial charge >= 0.3 is 6.09 Å². The highest BCUT2D eigenvalue weighted by Crippen LogP contribution is 2.21. The predicted molar refractivity (Wildman–Crippen MR) is 68.8 cm³/mol. The van der Waals surface area contributed by atoms with E-state index in [-0.39, 0.29) is 6.10 Å². The van der Waals surface area contributed by atoms with E-state index in [0.29, 0.717) is 0 Å². The monoisotopic (exact) mass is 285 g/mol. The Balaban J connectivity index is 2.76. The topological polar surface area (TPSA) is 38.3 Å². The van der Waals surface area contributed by atoms with Gasteiger partial charge in [-0.05, 0) is 44.0 Å². The maximum atomic E-state index is 11.4. The number of halogens is 1. The molecule has 0 spiro atoms. The number of carbonyl (C=O) groups is 1. The molecule has 1 amide bonds. The van der Waals surface area contributed by atoms with Crippen molar-refractivity contribution in [1.29, 1.82) is 0 Å². The molecule has 3 nitrogen and oxygen atoms in total. The van der Waals surface area contributed by atoms with Crippen molar-refractivity contribution in [3.05, 3.63) is 28.2 Å². The number of amides is 1. The summed E-state index contributed by atoms with van der Waals surface area (Å²) in [4.78, 5) is 11.4. The second kappa shape index (κ2) is 5.89. The van der Waals surface area contributed by atoms with Gasteiger partial charge in [0.1, 0.15) is 0 Å². The lowest BCUT2D eigenvalue weighted by Gasteiger charge is -2.12. The van der Waals surface area contributed by atoms with E-state index in [1.807, 2.05) is 39.0 Å². The minimum atomic E-state index is -0.410. The summed E-state index contributed by atoms with van der Waals surface area (Å²) in [6.07, 6.45) is 0.337. The molecule has 0 saturated heterocycles. The summed E-state index contributed by atoms with van der Waals surface area (Å²) in [7, 11) is 0. The molecule has 0 bridgehead atoms. The molecule has 0 radical (unpaired) electrons. The van der Waals surface area contributed by atoms with Crippen molar-refractivity contribution >= 4 is 27.7 Å². The van der Waals surface area contributed by atoms with Crippen LogP contribution in [0.15, 0.2) is 22.7 Å². The summed E-state index contributed by atoms with van der Waals surface area (Å²) < 4.78 is 6.03. The number of benzene rings is 1. The number of hydrogen-bond donors (Lipinski definition) is 1. The summed E-state index contributed by atoms with van der Waals surface area (Å²) in [6.45, 7) is 5.69. The molecule has 1 rings (SSSR count). The zero-order valence-electron chi connectivity index (χ0n) is 9.71. The maximum Gasteiger partial charge on any atom is 0.411 e. The lowest BCUT2D eigenvalue weighted by Crippen LogP contribution is -2.18. The Hall–Kier alpha value is -1.03. The Bertz CT molecular complexity index is 377. The van der Waals surface area contributed by atoms with Crippen LogP contribution >= 0.6 is 15.9 Å². The summed E-state index contributed by atoms with van der Waals surface area (Å²) in [5, 5.41) is 2.74. The molecule has 0 unspecified atom stereocenters. The largest absolute Gasteiger partial charge is 0.447 e. The van der Waals surface area contributed by atoms with Gasteiger partial charge in [0.25, 0.3) is 0 Å². The summed E-state index contributed by atoms with van der Waals surface area (Å²) >= 11 is 3.40. The zero-order valence-corrected chi connectivity index (χ0v) is 11.3. The predicted octanol–water partition coefficient (Wildman–Crippen LogP) is 3.97. The van der Waals surface area contributed by atoms with Gasteiger partial charge in [0.2, 0.25) is 0 Å². The number of hydrogen-bond acceptors (Lipinski definition) is 2. The SMILES string of the molecule is CCc1cc(Br)ccc1NC(=O)OC(C)C. The minimum absolute atomic E-state index is 0.111. The van der Waals surface area contributed by atoms with Gasteiger partial charge in [0, 0.05) is 10.2 Å². The van der Waals surface area contributed by atoms with Gasteiger partial charge < -0.3 is 4.74 Å². The molecule has 0 heterocycles. The van der Waals surface area contributed by atoms with E-state index in [9.17, 15) is 4.79 Å². The molecular weight excluding hydrogens is 270 g/mol. The molecule has 0 atom stereocenters. The first kappa shape index (κ1) is 13.0. The summed E-state index contributed by atoms with van der Waals surface area (Å²) in [5.74, 6) is 0. The lowest BCUT2D eigenvalue weighted by atomic mass is 10.1. The number of rotatable bonds is 3. The van der Waals surface area contributed by atoms with Gasteiger partial charge in [-0.15, -0.1) is 0 Å². The lowest BCUT2D eigenvalue weighted by molar-refractivity contribution is 0.130. The van der Waals surface area contributed by atoms with Crippen LogP contribution < -0.4 is 5.32 Å². The van der Waals surface area contributed by atoms with Crippen molar-refractivity contribution in [1.82, 2.24) is 0 Å². The quantitative estimate of drug-likeness (QED) is 0.913. The molecule has 0 aliphatic carbocycles. The second-order valence-corrected chi connectivity index (χ2v) is 4.65. The standard InChI is InChI=1S/C12H16BrNO2/c1-4-9-7-10(13)5-6-11(9)14-12(15)16-8(2)3/h5-8H,4H2,1-3H3,(H,14,15). The molecule has 1 N–H and O–H groups in total. The van der Waals surface area contributed by atoms with E-state index in [1.54, 1.807) is 0 Å². The number of nitrogens with one attached hydrogen (secondary N) is 1. The van der Waals surface area contributed by atoms with Crippen LogP contribution in [0.25, 0.3) is 0 Å². The van der Waals surface area contributed by atoms with Crippen LogP contribution in [0.3, 0.4) is 0 Å². The van der Waals surface area contributed by atoms with Crippen LogP contribution in [-0.4, -0.2) is 12.2 Å². The number of anilines is 1. The second-order valence-electron chi connectivity index (χ2n) is 3.73. The third kappa shape index (κ3) is 3.85. The van der Waals surface area contributed by atoms with Crippen molar-refractivity contribution < 1.29 is 9.53 Å². The van der Waals surface area contributed by atoms with Gasteiger partial charge in [-0.2, -0.15) is 0 Å². The smallest absolute Gasteiger partial charge is 0.411 e. The fourth-order valence-corrected chi connectivity index (χ4v) is 1.74. The first-order valence-corrected chi connectivity index (χ1v) is 6.08. The van der Waals surface area contributed by atoms with Crippen LogP contribution in [0.4, 0.5) is 10.5 Å². The molecule has 0 aliphatic rings. The Morgan fingerprint density at radius 3 is 2.75 bits per heavy atom. The molecule has 0 aliphatic heterocycles. The van der Waals surface area contributed by atoms with E-state index in [4.69, 9.17) is 4.74 Å². The van der Waals surface area contributed by atoms with Crippen molar-refractivity contribution in [3.8, 4) is 0 Å². The molecule has 4 heteroatoms. The number of aryl methyl sites for hydroxylation is 1. The Morgan fingerprint density at radius 2 is 2.19 bits per heavy atom. The minimum Gasteiger partial charge on any atom is -0.447 e. The van der Waals surface area contributed by atoms with Crippen LogP contribution in [0.1, 0.15) is 26.3 Å². The highest BCUT2D eigenvalue weighted by atomic mass is 79.9. The fourth-order valence-electron chi connectivity index (χ4n) is 1.33. The molecule has 88 valence electrons. The number of ether oxygens (including phenoxy) is 1. The summed E-state index contributed by atoms with van der Waals surface area (Å²) in [5.41, 5.74) is 1.88. The highest BCUT2D eigenvalue weighted by Gasteiger charge is 2.08. The van der Waals surface area contributed by atoms with Crippen LogP contribution in [0, 0.1) is 0 Å². The molecule has 0 saturated carbocycles. The molecule has 0 fully saturated rings. The van der Waals surface area contributed by atoms with Crippen molar-refractivity contribution in [2.45, 2.75) is 33.3 Å². The van der Waals surface area contributed by atoms with Gasteiger partial charge in [0.05, 0.1) is 6.10 Å². The van der Waals surface area contributed by atoms with Crippen molar-refractivity contribution in [3.63, 3.8) is 0 Å². The van der Waals surface area contributed by atoms with Gasteiger partial charge in [-0.25, -0.2) is 4.79 Å². The maximum absolute atomic E-state index is 11.4. The Morgan fingerprint density at radius 1 is 1.50 bits per heavy atom. The van der Waals surface area contributed by atoms with E-state index in [0.717, 1.165) is 22.1 Å². The van der Waals surface area contributed by atoms with Crippen LogP contribution in [0.2, 0.25) is 0 Å². The number of carbonyl (C=O) groups excluding carboxylic acids is 1. The average Bonchev–Trinajstić information content (AvgIpc) is 2.19. The first-order valence-electron chi connectivity index (χ1n) is 5.29. The van der Waals surface area contributed by atoms with Gasteiger partial charge in [-0.3, -0.25) is 5.32 Å². The zero-order chi connectivity index (χ0) is 12.1. The Kier molecular flexibility index (Phi) is 4.80. The third-order valence-electron chi connectivity index (χ3n) is 2.03. The van der Waals surface area contributed by atoms with E-state index in [2.05, 4.69) is 21.2 Å². The normalized spacial score (nSPS) is 10.3. The van der Waals surface area contributed by atoms with Gasteiger partial charge in [0.15, 0.2) is 0 Å². The molecule has 16 heavy (non-hydrogen) atoms. The van der Waals surface area contributed by atoms with Crippen molar-refractivity contribution in [2.24, 2.45) is 0 Å². The van der Waals surface area contributed by atoms with Crippen LogP contribution in [0.5, 0.6) is 0 Å². The third-order valence-corrected chi connectivity index (χ3v) is 2.52. The summed E-state index contributed by atoms with van der Waals surface area (Å²) in [6, 6.07) is 5.75. The van der Waals surface area contributed by atoms with Crippen molar-refractivity contribution in [2.75, 3.05) is 5.32 Å². The van der Waals surface area contributed by atoms with E-state index < -0.39 is 6.09 Å². The Labute approximate surface area is 104 Å². The van der Waals surface area contributed by atoms with Crippen LogP contribution in [-0.2, 0) is 11.2 Å². The van der Waals surface area contributed by atoms with E-state index in [1.165, 1.54) is 0 Å². The molecule has 0 aromatic heterocycles. The molecular formula is C12H16BrNO2. The molecule has 1 aromatic carbocycles. The fraction of sp³-hybridized carbons (Fsp3) is 0.417. The van der Waals surface area contributed by atoms with Gasteiger partial charge in [-0.1, -0.05) is 22.9 Å². The average molecular weight is 286 g/mol. The van der Waals surface area contributed by atoms with E-state index >= 15 is 0 Å². The highest BCUT2D eigenvalue weighted by molar-refractivity contribution is 9.10. The first-order chi connectivity index (χ1) is 7.52.